The lowest BCUT2D eigenvalue weighted by Crippen LogP contribution is -2.05. The Balaban J connectivity index is 2.45. The van der Waals surface area contributed by atoms with Crippen LogP contribution in [0.5, 0.6) is 5.75 Å². The van der Waals surface area contributed by atoms with E-state index < -0.39 is 0 Å². The van der Waals surface area contributed by atoms with Gasteiger partial charge in [-0.2, -0.15) is 0 Å². The number of halogens is 2. The maximum atomic E-state index is 12.5. The van der Waals surface area contributed by atoms with E-state index in [2.05, 4.69) is 15.9 Å². The van der Waals surface area contributed by atoms with Crippen molar-refractivity contribution in [2.75, 3.05) is 6.61 Å². The van der Waals surface area contributed by atoms with Crippen molar-refractivity contribution in [3.05, 3.63) is 63.1 Å². The molecule has 0 radical (unpaired) electrons. The van der Waals surface area contributed by atoms with Crippen LogP contribution in [-0.4, -0.2) is 12.4 Å². The topological polar surface area (TPSA) is 26.3 Å². The predicted octanol–water partition coefficient (Wildman–Crippen LogP) is 4.73. The molecule has 2 aromatic carbocycles. The van der Waals surface area contributed by atoms with Crippen LogP contribution in [0.1, 0.15) is 22.8 Å². The largest absolute Gasteiger partial charge is 0.493 e. The monoisotopic (exact) mass is 338 g/mol. The van der Waals surface area contributed by atoms with Crippen molar-refractivity contribution < 1.29 is 9.53 Å². The number of rotatable bonds is 4. The van der Waals surface area contributed by atoms with Crippen molar-refractivity contribution >= 4 is 33.3 Å². The first-order valence-electron chi connectivity index (χ1n) is 5.84. The van der Waals surface area contributed by atoms with Gasteiger partial charge in [-0.3, -0.25) is 4.79 Å². The highest BCUT2D eigenvalue weighted by Crippen LogP contribution is 2.26. The van der Waals surface area contributed by atoms with Crippen LogP contribution < -0.4 is 4.74 Å². The van der Waals surface area contributed by atoms with Crippen molar-refractivity contribution in [3.63, 3.8) is 0 Å². The molecule has 0 atom stereocenters. The van der Waals surface area contributed by atoms with Gasteiger partial charge < -0.3 is 4.74 Å². The second-order valence-electron chi connectivity index (χ2n) is 3.91. The third kappa shape index (κ3) is 3.37. The van der Waals surface area contributed by atoms with Gasteiger partial charge in [0, 0.05) is 15.1 Å². The van der Waals surface area contributed by atoms with E-state index in [1.807, 2.05) is 13.0 Å². The van der Waals surface area contributed by atoms with Gasteiger partial charge in [-0.15, -0.1) is 0 Å². The van der Waals surface area contributed by atoms with E-state index >= 15 is 0 Å². The summed E-state index contributed by atoms with van der Waals surface area (Å²) >= 11 is 9.28. The molecule has 0 bridgehead atoms. The Morgan fingerprint density at radius 1 is 1.26 bits per heavy atom. The van der Waals surface area contributed by atoms with Gasteiger partial charge >= 0.3 is 0 Å². The lowest BCUT2D eigenvalue weighted by molar-refractivity contribution is 0.103. The quantitative estimate of drug-likeness (QED) is 0.753. The number of ketones is 1. The van der Waals surface area contributed by atoms with E-state index in [1.54, 1.807) is 36.4 Å². The van der Waals surface area contributed by atoms with Gasteiger partial charge in [0.05, 0.1) is 12.2 Å². The Hall–Kier alpha value is -1.32. The molecular formula is C15H12BrClO2. The second-order valence-corrected chi connectivity index (χ2v) is 5.27. The molecule has 0 heterocycles. The Morgan fingerprint density at radius 3 is 2.74 bits per heavy atom. The maximum absolute atomic E-state index is 12.5. The summed E-state index contributed by atoms with van der Waals surface area (Å²) in [5.74, 6) is 0.475. The third-order valence-corrected chi connectivity index (χ3v) is 3.30. The van der Waals surface area contributed by atoms with Gasteiger partial charge in [0.1, 0.15) is 5.75 Å². The van der Waals surface area contributed by atoms with Crippen LogP contribution in [0.15, 0.2) is 46.9 Å². The van der Waals surface area contributed by atoms with Crippen LogP contribution in [0, 0.1) is 0 Å². The van der Waals surface area contributed by atoms with E-state index in [1.165, 1.54) is 0 Å². The number of hydrogen-bond acceptors (Lipinski definition) is 2. The van der Waals surface area contributed by atoms with Gasteiger partial charge in [0.2, 0.25) is 0 Å². The molecule has 2 aromatic rings. The Kier molecular flexibility index (Phi) is 4.61. The molecule has 0 spiro atoms. The first-order valence-corrected chi connectivity index (χ1v) is 7.01. The summed E-state index contributed by atoms with van der Waals surface area (Å²) in [6, 6.07) is 12.3. The summed E-state index contributed by atoms with van der Waals surface area (Å²) in [5.41, 5.74) is 1.07. The Labute approximate surface area is 125 Å². The highest BCUT2D eigenvalue weighted by atomic mass is 79.9. The molecule has 0 aliphatic rings. The molecule has 0 saturated heterocycles. The maximum Gasteiger partial charge on any atom is 0.196 e. The molecule has 0 aliphatic heterocycles. The second kappa shape index (κ2) is 6.22. The predicted molar refractivity (Wildman–Crippen MR) is 80.2 cm³/mol. The van der Waals surface area contributed by atoms with Gasteiger partial charge in [0.25, 0.3) is 0 Å². The molecular weight excluding hydrogens is 328 g/mol. The lowest BCUT2D eigenvalue weighted by atomic mass is 10.0. The third-order valence-electron chi connectivity index (χ3n) is 2.57. The van der Waals surface area contributed by atoms with Crippen LogP contribution in [0.3, 0.4) is 0 Å². The van der Waals surface area contributed by atoms with Crippen LogP contribution >= 0.6 is 27.5 Å². The zero-order valence-electron chi connectivity index (χ0n) is 10.3. The Bertz CT molecular complexity index is 611. The summed E-state index contributed by atoms with van der Waals surface area (Å²) in [6.07, 6.45) is 0. The molecule has 0 aliphatic carbocycles. The summed E-state index contributed by atoms with van der Waals surface area (Å²) in [4.78, 5) is 12.5. The van der Waals surface area contributed by atoms with E-state index in [9.17, 15) is 4.79 Å². The highest BCUT2D eigenvalue weighted by Gasteiger charge is 2.15. The molecule has 0 unspecified atom stereocenters. The molecule has 2 nitrogen and oxygen atoms in total. The highest BCUT2D eigenvalue weighted by molar-refractivity contribution is 9.10. The van der Waals surface area contributed by atoms with E-state index in [0.717, 1.165) is 4.47 Å². The number of carbonyl (C=O) groups excluding carboxylic acids is 1. The fourth-order valence-electron chi connectivity index (χ4n) is 1.75. The summed E-state index contributed by atoms with van der Waals surface area (Å²) in [5, 5.41) is 0.541. The van der Waals surface area contributed by atoms with Gasteiger partial charge in [-0.25, -0.2) is 0 Å². The average molecular weight is 340 g/mol. The summed E-state index contributed by atoms with van der Waals surface area (Å²) in [6.45, 7) is 2.40. The zero-order valence-corrected chi connectivity index (χ0v) is 12.7. The normalized spacial score (nSPS) is 10.3. The van der Waals surface area contributed by atoms with Crippen molar-refractivity contribution in [2.24, 2.45) is 0 Å². The minimum absolute atomic E-state index is 0.104. The first-order chi connectivity index (χ1) is 9.11. The number of carbonyl (C=O) groups is 1. The van der Waals surface area contributed by atoms with E-state index in [4.69, 9.17) is 16.3 Å². The zero-order chi connectivity index (χ0) is 13.8. The summed E-state index contributed by atoms with van der Waals surface area (Å²) < 4.78 is 6.32. The van der Waals surface area contributed by atoms with E-state index in [0.29, 0.717) is 28.5 Å². The molecule has 0 aromatic heterocycles. The molecule has 19 heavy (non-hydrogen) atoms. The SMILES string of the molecule is CCOc1ccc(Br)cc1C(=O)c1cccc(Cl)c1. The van der Waals surface area contributed by atoms with Crippen molar-refractivity contribution in [2.45, 2.75) is 6.92 Å². The minimum atomic E-state index is -0.104. The smallest absolute Gasteiger partial charge is 0.196 e. The van der Waals surface area contributed by atoms with Crippen LogP contribution in [0.25, 0.3) is 0 Å². The van der Waals surface area contributed by atoms with E-state index in [-0.39, 0.29) is 5.78 Å². The fourth-order valence-corrected chi connectivity index (χ4v) is 2.30. The number of benzene rings is 2. The van der Waals surface area contributed by atoms with Gasteiger partial charge in [0.15, 0.2) is 5.78 Å². The molecule has 4 heteroatoms. The number of hydrogen-bond donors (Lipinski definition) is 0. The standard InChI is InChI=1S/C15H12BrClO2/c1-2-19-14-7-6-11(16)9-13(14)15(18)10-4-3-5-12(17)8-10/h3-9H,2H2,1H3. The first kappa shape index (κ1) is 14.1. The molecule has 0 amide bonds. The molecule has 0 saturated carbocycles. The van der Waals surface area contributed by atoms with Crippen LogP contribution in [-0.2, 0) is 0 Å². The van der Waals surface area contributed by atoms with Gasteiger partial charge in [-0.1, -0.05) is 39.7 Å². The van der Waals surface area contributed by atoms with Crippen molar-refractivity contribution in [1.82, 2.24) is 0 Å². The van der Waals surface area contributed by atoms with Crippen LogP contribution in [0.4, 0.5) is 0 Å². The average Bonchev–Trinajstić information content (AvgIpc) is 2.40. The van der Waals surface area contributed by atoms with Crippen LogP contribution in [0.2, 0.25) is 5.02 Å². The minimum Gasteiger partial charge on any atom is -0.493 e. The fraction of sp³-hybridized carbons (Fsp3) is 0.133. The van der Waals surface area contributed by atoms with Gasteiger partial charge in [-0.05, 0) is 37.3 Å². The molecule has 98 valence electrons. The van der Waals surface area contributed by atoms with Crippen molar-refractivity contribution in [1.29, 1.82) is 0 Å². The summed E-state index contributed by atoms with van der Waals surface area (Å²) in [7, 11) is 0. The number of ether oxygens (including phenoxy) is 1. The van der Waals surface area contributed by atoms with Crippen molar-refractivity contribution in [3.8, 4) is 5.75 Å². The molecule has 2 rings (SSSR count). The molecule has 0 N–H and O–H groups in total. The molecule has 0 fully saturated rings. The lowest BCUT2D eigenvalue weighted by Gasteiger charge is -2.10. The Morgan fingerprint density at radius 2 is 2.05 bits per heavy atom.